The number of aliphatic hydroxyl groups excluding tert-OH is 1. The molecule has 2 atom stereocenters. The molecule has 0 saturated carbocycles. The van der Waals surface area contributed by atoms with Crippen LogP contribution in [0.1, 0.15) is 46.5 Å². The summed E-state index contributed by atoms with van der Waals surface area (Å²) in [6.45, 7) is 8.08. The van der Waals surface area contributed by atoms with Gasteiger partial charge in [-0.25, -0.2) is 0 Å². The van der Waals surface area contributed by atoms with Crippen molar-refractivity contribution >= 4 is 0 Å². The van der Waals surface area contributed by atoms with Gasteiger partial charge < -0.3 is 20.9 Å². The first kappa shape index (κ1) is 14.9. The second kappa shape index (κ2) is 6.14. The molecule has 4 N–H and O–H groups in total. The lowest BCUT2D eigenvalue weighted by molar-refractivity contribution is -0.0876. The van der Waals surface area contributed by atoms with Crippen molar-refractivity contribution in [2.45, 2.75) is 63.6 Å². The van der Waals surface area contributed by atoms with Crippen LogP contribution in [-0.2, 0) is 4.74 Å². The van der Waals surface area contributed by atoms with E-state index in [1.54, 1.807) is 0 Å². The quantitative estimate of drug-likeness (QED) is 0.652. The van der Waals surface area contributed by atoms with E-state index in [1.165, 1.54) is 0 Å². The molecule has 2 unspecified atom stereocenters. The zero-order valence-electron chi connectivity index (χ0n) is 11.5. The summed E-state index contributed by atoms with van der Waals surface area (Å²) in [5.41, 5.74) is 5.87. The van der Waals surface area contributed by atoms with Crippen molar-refractivity contribution in [2.75, 3.05) is 19.8 Å². The lowest BCUT2D eigenvalue weighted by Gasteiger charge is -2.46. The van der Waals surface area contributed by atoms with E-state index in [0.29, 0.717) is 12.6 Å². The summed E-state index contributed by atoms with van der Waals surface area (Å²) in [7, 11) is 0. The smallest absolute Gasteiger partial charge is 0.0644 e. The van der Waals surface area contributed by atoms with Crippen LogP contribution in [0.15, 0.2) is 0 Å². The van der Waals surface area contributed by atoms with Gasteiger partial charge in [0.15, 0.2) is 0 Å². The van der Waals surface area contributed by atoms with Crippen molar-refractivity contribution in [2.24, 2.45) is 5.73 Å². The topological polar surface area (TPSA) is 67.5 Å². The highest BCUT2D eigenvalue weighted by Crippen LogP contribution is 2.31. The Labute approximate surface area is 105 Å². The van der Waals surface area contributed by atoms with Gasteiger partial charge in [0.25, 0.3) is 0 Å². The Kier molecular flexibility index (Phi) is 5.38. The highest BCUT2D eigenvalue weighted by molar-refractivity contribution is 4.98. The predicted molar refractivity (Wildman–Crippen MR) is 70.0 cm³/mol. The van der Waals surface area contributed by atoms with Crippen LogP contribution in [0.5, 0.6) is 0 Å². The van der Waals surface area contributed by atoms with Crippen molar-refractivity contribution in [3.8, 4) is 0 Å². The molecule has 0 amide bonds. The highest BCUT2D eigenvalue weighted by atomic mass is 16.5. The van der Waals surface area contributed by atoms with Gasteiger partial charge in [0.1, 0.15) is 0 Å². The van der Waals surface area contributed by atoms with Crippen LogP contribution in [0, 0.1) is 0 Å². The van der Waals surface area contributed by atoms with Gasteiger partial charge >= 0.3 is 0 Å². The first-order chi connectivity index (χ1) is 7.93. The van der Waals surface area contributed by atoms with E-state index in [1.807, 2.05) is 0 Å². The van der Waals surface area contributed by atoms with Gasteiger partial charge in [0, 0.05) is 31.3 Å². The zero-order valence-corrected chi connectivity index (χ0v) is 11.5. The molecule has 4 nitrogen and oxygen atoms in total. The molecular weight excluding hydrogens is 216 g/mol. The number of hydrogen-bond donors (Lipinski definition) is 3. The van der Waals surface area contributed by atoms with E-state index in [0.717, 1.165) is 32.3 Å². The van der Waals surface area contributed by atoms with Gasteiger partial charge in [0.2, 0.25) is 0 Å². The first-order valence-corrected chi connectivity index (χ1v) is 6.66. The fourth-order valence-electron chi connectivity index (χ4n) is 2.83. The average molecular weight is 244 g/mol. The van der Waals surface area contributed by atoms with E-state index in [4.69, 9.17) is 15.6 Å². The van der Waals surface area contributed by atoms with E-state index in [9.17, 15) is 0 Å². The molecule has 1 fully saturated rings. The Bertz CT molecular complexity index is 233. The molecule has 1 heterocycles. The second-order valence-corrected chi connectivity index (χ2v) is 5.93. The molecule has 0 aromatic carbocycles. The SMILES string of the molecule is CC(CCCO)NC1(CN)CCOC(C)(C)C1. The number of rotatable bonds is 6. The number of nitrogens with two attached hydrogens (primary N) is 1. The molecule has 0 bridgehead atoms. The maximum Gasteiger partial charge on any atom is 0.0644 e. The van der Waals surface area contributed by atoms with Gasteiger partial charge in [0.05, 0.1) is 5.60 Å². The van der Waals surface area contributed by atoms with Crippen LogP contribution in [-0.4, -0.2) is 42.0 Å². The maximum atomic E-state index is 8.85. The molecule has 0 aromatic heterocycles. The average Bonchev–Trinajstić information content (AvgIpc) is 2.25. The summed E-state index contributed by atoms with van der Waals surface area (Å²) in [6, 6.07) is 0.389. The van der Waals surface area contributed by atoms with Crippen molar-refractivity contribution in [3.63, 3.8) is 0 Å². The maximum absolute atomic E-state index is 8.85. The Morgan fingerprint density at radius 1 is 1.47 bits per heavy atom. The van der Waals surface area contributed by atoms with Gasteiger partial charge in [-0.3, -0.25) is 0 Å². The van der Waals surface area contributed by atoms with E-state index >= 15 is 0 Å². The number of aliphatic hydroxyl groups is 1. The zero-order chi connectivity index (χ0) is 12.9. The summed E-state index contributed by atoms with van der Waals surface area (Å²) in [4.78, 5) is 0. The molecule has 0 spiro atoms. The minimum atomic E-state index is -0.0959. The second-order valence-electron chi connectivity index (χ2n) is 5.93. The molecule has 1 aliphatic rings. The molecule has 1 rings (SSSR count). The first-order valence-electron chi connectivity index (χ1n) is 6.66. The molecule has 1 aliphatic heterocycles. The summed E-state index contributed by atoms with van der Waals surface area (Å²) in [5, 5.41) is 12.5. The van der Waals surface area contributed by atoms with Crippen LogP contribution in [0.4, 0.5) is 0 Å². The molecule has 0 aliphatic carbocycles. The highest BCUT2D eigenvalue weighted by Gasteiger charge is 2.40. The molecular formula is C13H28N2O2. The third-order valence-corrected chi connectivity index (χ3v) is 3.58. The van der Waals surface area contributed by atoms with Crippen molar-refractivity contribution in [1.82, 2.24) is 5.32 Å². The van der Waals surface area contributed by atoms with E-state index in [-0.39, 0.29) is 17.7 Å². The lowest BCUT2D eigenvalue weighted by atomic mass is 9.80. The van der Waals surface area contributed by atoms with Crippen molar-refractivity contribution in [1.29, 1.82) is 0 Å². The minimum absolute atomic E-state index is 0.00335. The third kappa shape index (κ3) is 4.54. The summed E-state index contributed by atoms with van der Waals surface area (Å²) >= 11 is 0. The van der Waals surface area contributed by atoms with Gasteiger partial charge in [-0.15, -0.1) is 0 Å². The number of hydrogen-bond acceptors (Lipinski definition) is 4. The molecule has 0 radical (unpaired) electrons. The van der Waals surface area contributed by atoms with Crippen molar-refractivity contribution in [3.05, 3.63) is 0 Å². The Morgan fingerprint density at radius 3 is 2.71 bits per heavy atom. The largest absolute Gasteiger partial charge is 0.396 e. The molecule has 102 valence electrons. The molecule has 0 aromatic rings. The fraction of sp³-hybridized carbons (Fsp3) is 1.00. The summed E-state index contributed by atoms with van der Waals surface area (Å²) < 4.78 is 5.75. The van der Waals surface area contributed by atoms with Crippen LogP contribution >= 0.6 is 0 Å². The third-order valence-electron chi connectivity index (χ3n) is 3.58. The number of nitrogens with one attached hydrogen (secondary N) is 1. The molecule has 1 saturated heterocycles. The van der Waals surface area contributed by atoms with Crippen molar-refractivity contribution < 1.29 is 9.84 Å². The Hall–Kier alpha value is -0.160. The van der Waals surface area contributed by atoms with Gasteiger partial charge in [-0.05, 0) is 46.5 Å². The van der Waals surface area contributed by atoms with Crippen LogP contribution in [0.2, 0.25) is 0 Å². The van der Waals surface area contributed by atoms with Crippen LogP contribution in [0.3, 0.4) is 0 Å². The lowest BCUT2D eigenvalue weighted by Crippen LogP contribution is -2.61. The summed E-state index contributed by atoms with van der Waals surface area (Å²) in [6.07, 6.45) is 3.74. The normalized spacial score (nSPS) is 30.2. The van der Waals surface area contributed by atoms with Gasteiger partial charge in [-0.1, -0.05) is 0 Å². The Balaban J connectivity index is 2.56. The van der Waals surface area contributed by atoms with Gasteiger partial charge in [-0.2, -0.15) is 0 Å². The Morgan fingerprint density at radius 2 is 2.18 bits per heavy atom. The molecule has 17 heavy (non-hydrogen) atoms. The van der Waals surface area contributed by atoms with E-state index < -0.39 is 0 Å². The predicted octanol–water partition coefficient (Wildman–Crippen LogP) is 1.02. The summed E-state index contributed by atoms with van der Waals surface area (Å²) in [5.74, 6) is 0. The molecule has 4 heteroatoms. The van der Waals surface area contributed by atoms with Crippen LogP contribution in [0.25, 0.3) is 0 Å². The fourth-order valence-corrected chi connectivity index (χ4v) is 2.83. The van der Waals surface area contributed by atoms with Crippen LogP contribution < -0.4 is 11.1 Å². The standard InChI is InChI=1S/C13H28N2O2/c1-11(5-4-7-16)15-13(10-14)6-8-17-12(2,3)9-13/h11,15-16H,4-10,14H2,1-3H3. The monoisotopic (exact) mass is 244 g/mol. The minimum Gasteiger partial charge on any atom is -0.396 e. The number of ether oxygens (including phenoxy) is 1. The van der Waals surface area contributed by atoms with E-state index in [2.05, 4.69) is 26.1 Å².